The number of nitrogens with two attached hydrogens (primary N) is 1. The molecule has 1 aromatic heterocycles. The number of alkyl halides is 1. The highest BCUT2D eigenvalue weighted by Crippen LogP contribution is 2.13. The van der Waals surface area contributed by atoms with Crippen LogP contribution in [0.5, 0.6) is 0 Å². The summed E-state index contributed by atoms with van der Waals surface area (Å²) in [5, 5.41) is 4.09. The molecule has 0 spiro atoms. The van der Waals surface area contributed by atoms with E-state index in [1.807, 2.05) is 6.07 Å². The second-order valence-electron chi connectivity index (χ2n) is 4.09. The molecule has 0 saturated heterocycles. The van der Waals surface area contributed by atoms with Gasteiger partial charge in [0.15, 0.2) is 0 Å². The van der Waals surface area contributed by atoms with Crippen molar-refractivity contribution in [1.29, 1.82) is 0 Å². The molecule has 0 aliphatic heterocycles. The number of hydrogen-bond donors (Lipinski definition) is 1. The topological polar surface area (TPSA) is 43.8 Å². The lowest BCUT2D eigenvalue weighted by Crippen LogP contribution is -2.23. The summed E-state index contributed by atoms with van der Waals surface area (Å²) >= 11 is 0. The van der Waals surface area contributed by atoms with Crippen LogP contribution < -0.4 is 5.73 Å². The minimum Gasteiger partial charge on any atom is -0.330 e. The minimum absolute atomic E-state index is 0.305. The Morgan fingerprint density at radius 3 is 2.86 bits per heavy atom. The zero-order valence-corrected chi connectivity index (χ0v) is 8.83. The van der Waals surface area contributed by atoms with Crippen LogP contribution in [-0.2, 0) is 13.0 Å². The third kappa shape index (κ3) is 3.46. The van der Waals surface area contributed by atoms with Gasteiger partial charge in [0.25, 0.3) is 0 Å². The fourth-order valence-corrected chi connectivity index (χ4v) is 1.35. The summed E-state index contributed by atoms with van der Waals surface area (Å²) in [6.07, 6.45) is 3.49. The van der Waals surface area contributed by atoms with E-state index in [-0.39, 0.29) is 0 Å². The standard InChI is InChI=1S/C10H18FN3/c1-10(2,11)8-14-9(4-3-6-12)5-7-13-14/h5,7H,3-4,6,8,12H2,1-2H3. The fraction of sp³-hybridized carbons (Fsp3) is 0.700. The molecule has 1 aromatic rings. The van der Waals surface area contributed by atoms with Crippen LogP contribution in [0.4, 0.5) is 4.39 Å². The average Bonchev–Trinajstić information content (AvgIpc) is 2.45. The Morgan fingerprint density at radius 2 is 2.29 bits per heavy atom. The highest BCUT2D eigenvalue weighted by atomic mass is 19.1. The lowest BCUT2D eigenvalue weighted by Gasteiger charge is -2.16. The van der Waals surface area contributed by atoms with E-state index < -0.39 is 5.67 Å². The van der Waals surface area contributed by atoms with E-state index in [0.717, 1.165) is 18.5 Å². The summed E-state index contributed by atoms with van der Waals surface area (Å²) in [6.45, 7) is 4.08. The molecule has 1 heterocycles. The SMILES string of the molecule is CC(C)(F)Cn1nccc1CCCN. The van der Waals surface area contributed by atoms with Gasteiger partial charge in [0.1, 0.15) is 5.67 Å². The van der Waals surface area contributed by atoms with Crippen LogP contribution in [0, 0.1) is 0 Å². The van der Waals surface area contributed by atoms with Gasteiger partial charge in [0.05, 0.1) is 6.54 Å². The first kappa shape index (κ1) is 11.2. The molecule has 14 heavy (non-hydrogen) atoms. The van der Waals surface area contributed by atoms with E-state index in [0.29, 0.717) is 13.1 Å². The molecule has 3 nitrogen and oxygen atoms in total. The predicted octanol–water partition coefficient (Wildman–Crippen LogP) is 1.52. The van der Waals surface area contributed by atoms with Crippen LogP contribution in [0.25, 0.3) is 0 Å². The lowest BCUT2D eigenvalue weighted by molar-refractivity contribution is 0.177. The first-order valence-corrected chi connectivity index (χ1v) is 4.92. The van der Waals surface area contributed by atoms with Gasteiger partial charge in [-0.25, -0.2) is 4.39 Å². The van der Waals surface area contributed by atoms with E-state index in [2.05, 4.69) is 5.10 Å². The Hall–Kier alpha value is -0.900. The Bertz CT molecular complexity index is 275. The largest absolute Gasteiger partial charge is 0.330 e. The Labute approximate surface area is 84.1 Å². The Kier molecular flexibility index (Phi) is 3.63. The Balaban J connectivity index is 2.63. The van der Waals surface area contributed by atoms with Gasteiger partial charge in [-0.15, -0.1) is 0 Å². The van der Waals surface area contributed by atoms with Crippen molar-refractivity contribution >= 4 is 0 Å². The maximum atomic E-state index is 13.4. The molecule has 0 bridgehead atoms. The van der Waals surface area contributed by atoms with Crippen molar-refractivity contribution in [3.8, 4) is 0 Å². The average molecular weight is 199 g/mol. The monoisotopic (exact) mass is 199 g/mol. The molecule has 0 aliphatic carbocycles. The molecular weight excluding hydrogens is 181 g/mol. The van der Waals surface area contributed by atoms with Crippen LogP contribution in [0.3, 0.4) is 0 Å². The number of aryl methyl sites for hydroxylation is 1. The quantitative estimate of drug-likeness (QED) is 0.781. The first-order valence-electron chi connectivity index (χ1n) is 4.92. The highest BCUT2D eigenvalue weighted by Gasteiger charge is 2.17. The van der Waals surface area contributed by atoms with E-state index in [1.165, 1.54) is 0 Å². The van der Waals surface area contributed by atoms with Crippen molar-refractivity contribution in [2.75, 3.05) is 6.54 Å². The number of hydrogen-bond acceptors (Lipinski definition) is 2. The van der Waals surface area contributed by atoms with Gasteiger partial charge in [-0.3, -0.25) is 4.68 Å². The van der Waals surface area contributed by atoms with Crippen LogP contribution in [-0.4, -0.2) is 22.0 Å². The summed E-state index contributed by atoms with van der Waals surface area (Å²) in [6, 6.07) is 1.92. The third-order valence-corrected chi connectivity index (χ3v) is 1.97. The third-order valence-electron chi connectivity index (χ3n) is 1.97. The summed E-state index contributed by atoms with van der Waals surface area (Å²) in [4.78, 5) is 0. The number of rotatable bonds is 5. The zero-order chi connectivity index (χ0) is 10.6. The van der Waals surface area contributed by atoms with Gasteiger partial charge < -0.3 is 5.73 Å². The van der Waals surface area contributed by atoms with Crippen molar-refractivity contribution in [1.82, 2.24) is 9.78 Å². The smallest absolute Gasteiger partial charge is 0.125 e. The molecule has 0 radical (unpaired) electrons. The first-order chi connectivity index (χ1) is 6.53. The fourth-order valence-electron chi connectivity index (χ4n) is 1.35. The maximum absolute atomic E-state index is 13.4. The van der Waals surface area contributed by atoms with Gasteiger partial charge >= 0.3 is 0 Å². The van der Waals surface area contributed by atoms with E-state index in [4.69, 9.17) is 5.73 Å². The number of halogens is 1. The Morgan fingerprint density at radius 1 is 1.57 bits per heavy atom. The second-order valence-corrected chi connectivity index (χ2v) is 4.09. The maximum Gasteiger partial charge on any atom is 0.125 e. The summed E-state index contributed by atoms with van der Waals surface area (Å²) < 4.78 is 15.1. The van der Waals surface area contributed by atoms with E-state index in [9.17, 15) is 4.39 Å². The normalized spacial score (nSPS) is 12.0. The zero-order valence-electron chi connectivity index (χ0n) is 8.83. The highest BCUT2D eigenvalue weighted by molar-refractivity contribution is 5.01. The molecule has 4 heteroatoms. The number of aromatic nitrogens is 2. The van der Waals surface area contributed by atoms with Crippen LogP contribution in [0.15, 0.2) is 12.3 Å². The van der Waals surface area contributed by atoms with Crippen LogP contribution >= 0.6 is 0 Å². The van der Waals surface area contributed by atoms with Gasteiger partial charge in [-0.1, -0.05) is 0 Å². The van der Waals surface area contributed by atoms with Crippen molar-refractivity contribution in [3.05, 3.63) is 18.0 Å². The molecule has 0 aromatic carbocycles. The molecule has 0 saturated carbocycles. The van der Waals surface area contributed by atoms with Crippen LogP contribution in [0.1, 0.15) is 26.0 Å². The van der Waals surface area contributed by atoms with Gasteiger partial charge in [0.2, 0.25) is 0 Å². The molecule has 80 valence electrons. The van der Waals surface area contributed by atoms with Gasteiger partial charge in [-0.05, 0) is 39.3 Å². The molecule has 0 fully saturated rings. The molecule has 0 atom stereocenters. The van der Waals surface area contributed by atoms with E-state index in [1.54, 1.807) is 24.7 Å². The van der Waals surface area contributed by atoms with Crippen molar-refractivity contribution in [2.45, 2.75) is 38.9 Å². The minimum atomic E-state index is -1.22. The molecule has 1 rings (SSSR count). The molecule has 0 aliphatic rings. The lowest BCUT2D eigenvalue weighted by atomic mass is 10.1. The molecule has 0 unspecified atom stereocenters. The van der Waals surface area contributed by atoms with Crippen molar-refractivity contribution in [2.24, 2.45) is 5.73 Å². The summed E-state index contributed by atoms with van der Waals surface area (Å²) in [5.41, 5.74) is 5.26. The second kappa shape index (κ2) is 4.55. The molecule has 2 N–H and O–H groups in total. The molecule has 0 amide bonds. The summed E-state index contributed by atoms with van der Waals surface area (Å²) in [7, 11) is 0. The number of nitrogens with zero attached hydrogens (tertiary/aromatic N) is 2. The molecular formula is C10H18FN3. The van der Waals surface area contributed by atoms with Crippen LogP contribution in [0.2, 0.25) is 0 Å². The van der Waals surface area contributed by atoms with Crippen molar-refractivity contribution in [3.63, 3.8) is 0 Å². The van der Waals surface area contributed by atoms with Gasteiger partial charge in [0, 0.05) is 11.9 Å². The summed E-state index contributed by atoms with van der Waals surface area (Å²) in [5.74, 6) is 0. The van der Waals surface area contributed by atoms with Crippen molar-refractivity contribution < 1.29 is 4.39 Å². The predicted molar refractivity (Wildman–Crippen MR) is 54.8 cm³/mol. The van der Waals surface area contributed by atoms with Gasteiger partial charge in [-0.2, -0.15) is 5.10 Å². The van der Waals surface area contributed by atoms with E-state index >= 15 is 0 Å².